The zero-order chi connectivity index (χ0) is 24.1. The summed E-state index contributed by atoms with van der Waals surface area (Å²) < 4.78 is 22.1. The van der Waals surface area contributed by atoms with Crippen LogP contribution in [0.4, 0.5) is 0 Å². The van der Waals surface area contributed by atoms with E-state index in [0.29, 0.717) is 29.3 Å². The van der Waals surface area contributed by atoms with E-state index in [1.165, 1.54) is 0 Å². The lowest BCUT2D eigenvalue weighted by molar-refractivity contribution is -0.137. The van der Waals surface area contributed by atoms with Gasteiger partial charge in [-0.1, -0.05) is 37.4 Å². The minimum Gasteiger partial charge on any atom is -0.492 e. The van der Waals surface area contributed by atoms with Gasteiger partial charge in [0.2, 0.25) is 0 Å². The number of fused-ring (bicyclic) bond motifs is 3. The van der Waals surface area contributed by atoms with E-state index in [0.717, 1.165) is 52.5 Å². The van der Waals surface area contributed by atoms with Crippen LogP contribution >= 0.6 is 0 Å². The molecule has 0 bridgehead atoms. The van der Waals surface area contributed by atoms with Crippen molar-refractivity contribution in [1.82, 2.24) is 0 Å². The fraction of sp³-hybridized carbons (Fsp3) is 0.143. The summed E-state index contributed by atoms with van der Waals surface area (Å²) in [5.74, 6) is 0.0712. The third kappa shape index (κ3) is 4.71. The Hall–Kier alpha value is -4.32. The van der Waals surface area contributed by atoms with Crippen molar-refractivity contribution in [1.29, 1.82) is 0 Å². The second-order valence-electron chi connectivity index (χ2n) is 7.58. The van der Waals surface area contributed by atoms with E-state index < -0.39 is 11.9 Å². The quantitative estimate of drug-likeness (QED) is 0.133. The molecule has 172 valence electrons. The van der Waals surface area contributed by atoms with Gasteiger partial charge in [-0.2, -0.15) is 0 Å². The first kappa shape index (κ1) is 22.9. The molecule has 0 atom stereocenters. The molecule has 0 amide bonds. The lowest BCUT2D eigenvalue weighted by Crippen LogP contribution is -2.02. The molecule has 1 aromatic heterocycles. The second kappa shape index (κ2) is 10.1. The first-order valence-corrected chi connectivity index (χ1v) is 10.8. The lowest BCUT2D eigenvalue weighted by atomic mass is 9.99. The van der Waals surface area contributed by atoms with Crippen molar-refractivity contribution in [2.75, 3.05) is 13.7 Å². The molecule has 0 spiro atoms. The maximum absolute atomic E-state index is 11.5. The molecule has 4 rings (SSSR count). The Morgan fingerprint density at radius 3 is 2.38 bits per heavy atom. The minimum atomic E-state index is -0.531. The van der Waals surface area contributed by atoms with Gasteiger partial charge in [0.05, 0.1) is 13.7 Å². The zero-order valence-corrected chi connectivity index (χ0v) is 18.8. The van der Waals surface area contributed by atoms with Crippen molar-refractivity contribution in [3.8, 4) is 22.6 Å². The van der Waals surface area contributed by atoms with Gasteiger partial charge in [-0.3, -0.25) is 0 Å². The van der Waals surface area contributed by atoms with Crippen LogP contribution in [0.25, 0.3) is 33.1 Å². The Balaban J connectivity index is 1.60. The van der Waals surface area contributed by atoms with Crippen molar-refractivity contribution >= 4 is 33.9 Å². The molecule has 0 aliphatic rings. The van der Waals surface area contributed by atoms with Crippen LogP contribution in [0.5, 0.6) is 11.5 Å². The molecular weight excluding hydrogens is 432 g/mol. The number of ether oxygens (including phenoxy) is 3. The Morgan fingerprint density at radius 1 is 0.941 bits per heavy atom. The SMILES string of the molecule is C=CC(=O)OCCCc1ccc(-c2ccc3c(oc4cc(OC(=O)C=C)ccc43)c2OC)cc1. The second-order valence-corrected chi connectivity index (χ2v) is 7.58. The van der Waals surface area contributed by atoms with Crippen LogP contribution < -0.4 is 9.47 Å². The normalized spacial score (nSPS) is 10.7. The number of esters is 2. The van der Waals surface area contributed by atoms with E-state index in [2.05, 4.69) is 13.2 Å². The van der Waals surface area contributed by atoms with Crippen LogP contribution in [0.1, 0.15) is 12.0 Å². The maximum Gasteiger partial charge on any atom is 0.335 e. The fourth-order valence-corrected chi connectivity index (χ4v) is 3.81. The van der Waals surface area contributed by atoms with Gasteiger partial charge in [0.1, 0.15) is 11.3 Å². The van der Waals surface area contributed by atoms with Crippen LogP contribution in [-0.4, -0.2) is 25.7 Å². The molecule has 0 saturated heterocycles. The molecule has 3 aromatic carbocycles. The van der Waals surface area contributed by atoms with Crippen molar-refractivity contribution in [3.63, 3.8) is 0 Å². The topological polar surface area (TPSA) is 75.0 Å². The summed E-state index contributed by atoms with van der Waals surface area (Å²) >= 11 is 0. The first-order valence-electron chi connectivity index (χ1n) is 10.8. The summed E-state index contributed by atoms with van der Waals surface area (Å²) in [6, 6.07) is 17.4. The molecule has 6 heteroatoms. The Bertz CT molecular complexity index is 1380. The van der Waals surface area contributed by atoms with E-state index in [9.17, 15) is 9.59 Å². The van der Waals surface area contributed by atoms with Crippen LogP contribution in [0, 0.1) is 0 Å². The smallest absolute Gasteiger partial charge is 0.335 e. The molecule has 6 nitrogen and oxygen atoms in total. The van der Waals surface area contributed by atoms with Crippen LogP contribution in [0.3, 0.4) is 0 Å². The Kier molecular flexibility index (Phi) is 6.78. The number of benzene rings is 3. The number of methoxy groups -OCH3 is 1. The summed E-state index contributed by atoms with van der Waals surface area (Å²) in [4.78, 5) is 22.6. The van der Waals surface area contributed by atoms with Gasteiger partial charge in [0.15, 0.2) is 11.3 Å². The molecule has 0 aliphatic carbocycles. The van der Waals surface area contributed by atoms with Gasteiger partial charge in [0.25, 0.3) is 0 Å². The van der Waals surface area contributed by atoms with Crippen molar-refractivity contribution in [2.45, 2.75) is 12.8 Å². The van der Waals surface area contributed by atoms with Crippen molar-refractivity contribution < 1.29 is 28.2 Å². The number of aryl methyl sites for hydroxylation is 1. The monoisotopic (exact) mass is 456 g/mol. The van der Waals surface area contributed by atoms with E-state index in [1.54, 1.807) is 19.2 Å². The van der Waals surface area contributed by atoms with E-state index in [4.69, 9.17) is 18.6 Å². The Labute approximate surface area is 197 Å². The summed E-state index contributed by atoms with van der Waals surface area (Å²) in [5.41, 5.74) is 4.24. The first-order chi connectivity index (χ1) is 16.5. The third-order valence-corrected chi connectivity index (χ3v) is 5.44. The third-order valence-electron chi connectivity index (χ3n) is 5.44. The highest BCUT2D eigenvalue weighted by Gasteiger charge is 2.17. The molecule has 34 heavy (non-hydrogen) atoms. The molecule has 0 N–H and O–H groups in total. The van der Waals surface area contributed by atoms with Gasteiger partial charge in [-0.25, -0.2) is 9.59 Å². The number of furan rings is 1. The van der Waals surface area contributed by atoms with E-state index >= 15 is 0 Å². The molecular formula is C28H24O6. The number of carbonyl (C=O) groups is 2. The summed E-state index contributed by atoms with van der Waals surface area (Å²) in [7, 11) is 1.61. The molecule has 0 unspecified atom stereocenters. The van der Waals surface area contributed by atoms with Crippen LogP contribution in [-0.2, 0) is 20.7 Å². The zero-order valence-electron chi connectivity index (χ0n) is 18.8. The van der Waals surface area contributed by atoms with Gasteiger partial charge < -0.3 is 18.6 Å². The molecule has 1 heterocycles. The minimum absolute atomic E-state index is 0.359. The molecule has 0 fully saturated rings. The highest BCUT2D eigenvalue weighted by molar-refractivity contribution is 6.09. The van der Waals surface area contributed by atoms with Crippen LogP contribution in [0.2, 0.25) is 0 Å². The summed E-state index contributed by atoms with van der Waals surface area (Å²) in [6.45, 7) is 7.16. The largest absolute Gasteiger partial charge is 0.492 e. The number of carbonyl (C=O) groups excluding carboxylic acids is 2. The standard InChI is InChI=1S/C28H24O6/c1-4-25(29)32-16-6-7-18-8-10-19(11-9-18)21-14-15-23-22-13-12-20(33-26(30)5-2)17-24(22)34-28(23)27(21)31-3/h4-5,8-15,17H,1-2,6-7,16H2,3H3. The average Bonchev–Trinajstić information content (AvgIpc) is 3.24. The van der Waals surface area contributed by atoms with Crippen molar-refractivity contribution in [2.24, 2.45) is 0 Å². The predicted molar refractivity (Wildman–Crippen MR) is 131 cm³/mol. The summed E-state index contributed by atoms with van der Waals surface area (Å²) in [5, 5.41) is 1.80. The fourth-order valence-electron chi connectivity index (χ4n) is 3.81. The number of hydrogen-bond donors (Lipinski definition) is 0. The number of hydrogen-bond acceptors (Lipinski definition) is 6. The highest BCUT2D eigenvalue weighted by atomic mass is 16.5. The van der Waals surface area contributed by atoms with Gasteiger partial charge >= 0.3 is 11.9 Å². The van der Waals surface area contributed by atoms with Gasteiger partial charge in [-0.15, -0.1) is 0 Å². The molecule has 0 saturated carbocycles. The number of rotatable bonds is 9. The average molecular weight is 456 g/mol. The van der Waals surface area contributed by atoms with Crippen LogP contribution in [0.15, 0.2) is 84.3 Å². The Morgan fingerprint density at radius 2 is 1.68 bits per heavy atom. The maximum atomic E-state index is 11.5. The van der Waals surface area contributed by atoms with E-state index in [1.807, 2.05) is 42.5 Å². The van der Waals surface area contributed by atoms with Gasteiger partial charge in [0, 0.05) is 34.6 Å². The highest BCUT2D eigenvalue weighted by Crippen LogP contribution is 2.42. The molecule has 0 radical (unpaired) electrons. The van der Waals surface area contributed by atoms with Crippen molar-refractivity contribution in [3.05, 3.63) is 85.5 Å². The summed E-state index contributed by atoms with van der Waals surface area (Å²) in [6.07, 6.45) is 3.80. The lowest BCUT2D eigenvalue weighted by Gasteiger charge is -2.10. The molecule has 4 aromatic rings. The van der Waals surface area contributed by atoms with E-state index in [-0.39, 0.29) is 0 Å². The predicted octanol–water partition coefficient (Wildman–Crippen LogP) is 6.01. The molecule has 0 aliphatic heterocycles. The van der Waals surface area contributed by atoms with Gasteiger partial charge in [-0.05, 0) is 48.2 Å².